The fourth-order valence-electron chi connectivity index (χ4n) is 2.58. The number of nitrogens with zero attached hydrogens (tertiary/aromatic N) is 1. The molecule has 1 aliphatic rings. The second kappa shape index (κ2) is 7.09. The van der Waals surface area contributed by atoms with Gasteiger partial charge in [0.15, 0.2) is 0 Å². The van der Waals surface area contributed by atoms with Crippen LogP contribution in [0.2, 0.25) is 0 Å². The lowest BCUT2D eigenvalue weighted by Crippen LogP contribution is -2.36. The molecule has 0 unspecified atom stereocenters. The number of alkyl carbamates (subject to hydrolysis) is 1. The van der Waals surface area contributed by atoms with Gasteiger partial charge in [0.05, 0.1) is 0 Å². The molecule has 1 aliphatic heterocycles. The van der Waals surface area contributed by atoms with E-state index >= 15 is 0 Å². The Morgan fingerprint density at radius 3 is 2.86 bits per heavy atom. The predicted molar refractivity (Wildman–Crippen MR) is 84.2 cm³/mol. The first-order valence-electron chi connectivity index (χ1n) is 7.80. The lowest BCUT2D eigenvalue weighted by Gasteiger charge is -2.28. The maximum atomic E-state index is 13.3. The van der Waals surface area contributed by atoms with Crippen LogP contribution < -0.4 is 5.32 Å². The van der Waals surface area contributed by atoms with Crippen molar-refractivity contribution in [2.24, 2.45) is 0 Å². The summed E-state index contributed by atoms with van der Waals surface area (Å²) < 4.78 is 18.5. The van der Waals surface area contributed by atoms with Crippen molar-refractivity contribution in [2.75, 3.05) is 19.6 Å². The SMILES string of the molecule is CC(C)(C)OC(=O)NCCCN1CCc2ccc(F)cc2C1. The Balaban J connectivity index is 1.70. The van der Waals surface area contributed by atoms with Crippen LogP contribution in [-0.2, 0) is 17.7 Å². The maximum Gasteiger partial charge on any atom is 0.407 e. The van der Waals surface area contributed by atoms with Crippen LogP contribution in [0.3, 0.4) is 0 Å². The van der Waals surface area contributed by atoms with E-state index in [9.17, 15) is 9.18 Å². The summed E-state index contributed by atoms with van der Waals surface area (Å²) in [5.41, 5.74) is 1.85. The highest BCUT2D eigenvalue weighted by Gasteiger charge is 2.17. The van der Waals surface area contributed by atoms with Gasteiger partial charge in [0.25, 0.3) is 0 Å². The minimum atomic E-state index is -0.468. The number of carbonyl (C=O) groups is 1. The van der Waals surface area contributed by atoms with Crippen molar-refractivity contribution in [1.29, 1.82) is 0 Å². The van der Waals surface area contributed by atoms with Crippen LogP contribution in [0.25, 0.3) is 0 Å². The number of hydrogen-bond acceptors (Lipinski definition) is 3. The van der Waals surface area contributed by atoms with E-state index in [1.807, 2.05) is 26.8 Å². The number of nitrogens with one attached hydrogen (secondary N) is 1. The molecule has 1 aromatic carbocycles. The molecule has 0 aromatic heterocycles. The maximum absolute atomic E-state index is 13.3. The third-order valence-corrected chi connectivity index (χ3v) is 3.58. The molecule has 0 saturated carbocycles. The number of fused-ring (bicyclic) bond motifs is 1. The van der Waals surface area contributed by atoms with Crippen molar-refractivity contribution in [1.82, 2.24) is 10.2 Å². The third-order valence-electron chi connectivity index (χ3n) is 3.58. The average Bonchev–Trinajstić information content (AvgIpc) is 2.41. The molecule has 1 aromatic rings. The summed E-state index contributed by atoms with van der Waals surface area (Å²) in [7, 11) is 0. The van der Waals surface area contributed by atoms with Crippen molar-refractivity contribution in [3.63, 3.8) is 0 Å². The number of benzene rings is 1. The molecule has 0 radical (unpaired) electrons. The number of carbonyl (C=O) groups excluding carboxylic acids is 1. The molecule has 5 heteroatoms. The Labute approximate surface area is 131 Å². The molecule has 0 fully saturated rings. The standard InChI is InChI=1S/C17H25FN2O2/c1-17(2,3)22-16(21)19-8-4-9-20-10-7-13-5-6-15(18)11-14(13)12-20/h5-6,11H,4,7-10,12H2,1-3H3,(H,19,21). The van der Waals surface area contributed by atoms with Crippen molar-refractivity contribution in [3.05, 3.63) is 35.1 Å². The molecule has 0 bridgehead atoms. The quantitative estimate of drug-likeness (QED) is 0.869. The van der Waals surface area contributed by atoms with Crippen LogP contribution in [-0.4, -0.2) is 36.2 Å². The normalized spacial score (nSPS) is 15.3. The van der Waals surface area contributed by atoms with Gasteiger partial charge in [-0.25, -0.2) is 9.18 Å². The van der Waals surface area contributed by atoms with E-state index in [0.717, 1.165) is 38.0 Å². The highest BCUT2D eigenvalue weighted by molar-refractivity contribution is 5.67. The van der Waals surface area contributed by atoms with Gasteiger partial charge in [-0.15, -0.1) is 0 Å². The minimum Gasteiger partial charge on any atom is -0.444 e. The number of halogens is 1. The zero-order valence-electron chi connectivity index (χ0n) is 13.6. The van der Waals surface area contributed by atoms with Gasteiger partial charge in [0, 0.05) is 26.2 Å². The van der Waals surface area contributed by atoms with Crippen LogP contribution in [0, 0.1) is 5.82 Å². The summed E-state index contributed by atoms with van der Waals surface area (Å²) in [6.07, 6.45) is 1.43. The first-order valence-corrected chi connectivity index (χ1v) is 7.80. The van der Waals surface area contributed by atoms with Crippen LogP contribution >= 0.6 is 0 Å². The average molecular weight is 308 g/mol. The zero-order valence-corrected chi connectivity index (χ0v) is 13.6. The van der Waals surface area contributed by atoms with Gasteiger partial charge in [-0.2, -0.15) is 0 Å². The summed E-state index contributed by atoms with van der Waals surface area (Å²) in [6, 6.07) is 5.03. The summed E-state index contributed by atoms with van der Waals surface area (Å²) in [5, 5.41) is 2.76. The molecule has 0 saturated heterocycles. The van der Waals surface area contributed by atoms with Crippen molar-refractivity contribution < 1.29 is 13.9 Å². The van der Waals surface area contributed by atoms with Crippen LogP contribution in [0.1, 0.15) is 38.3 Å². The molecule has 122 valence electrons. The van der Waals surface area contributed by atoms with E-state index in [1.54, 1.807) is 6.07 Å². The minimum absolute atomic E-state index is 0.174. The smallest absolute Gasteiger partial charge is 0.407 e. The van der Waals surface area contributed by atoms with E-state index in [1.165, 1.54) is 11.6 Å². The summed E-state index contributed by atoms with van der Waals surface area (Å²) in [4.78, 5) is 13.8. The summed E-state index contributed by atoms with van der Waals surface area (Å²) >= 11 is 0. The van der Waals surface area contributed by atoms with Crippen molar-refractivity contribution >= 4 is 6.09 Å². The summed E-state index contributed by atoms with van der Waals surface area (Å²) in [5.74, 6) is -0.174. The van der Waals surface area contributed by atoms with E-state index < -0.39 is 5.60 Å². The van der Waals surface area contributed by atoms with Gasteiger partial charge in [-0.05, 0) is 56.9 Å². The van der Waals surface area contributed by atoms with Gasteiger partial charge in [-0.3, -0.25) is 4.90 Å². The molecular weight excluding hydrogens is 283 g/mol. The predicted octanol–water partition coefficient (Wildman–Crippen LogP) is 3.10. The first kappa shape index (κ1) is 16.7. The van der Waals surface area contributed by atoms with E-state index in [4.69, 9.17) is 4.74 Å². The Kier molecular flexibility index (Phi) is 5.40. The molecule has 1 amide bonds. The Morgan fingerprint density at radius 2 is 2.14 bits per heavy atom. The second-order valence-electron chi connectivity index (χ2n) is 6.72. The summed E-state index contributed by atoms with van der Waals surface area (Å²) in [6.45, 7) is 8.75. The highest BCUT2D eigenvalue weighted by Crippen LogP contribution is 2.19. The molecule has 0 aliphatic carbocycles. The lowest BCUT2D eigenvalue weighted by atomic mass is 9.99. The van der Waals surface area contributed by atoms with Gasteiger partial charge in [0.2, 0.25) is 0 Å². The largest absolute Gasteiger partial charge is 0.444 e. The number of ether oxygens (including phenoxy) is 1. The molecule has 4 nitrogen and oxygen atoms in total. The number of amides is 1. The monoisotopic (exact) mass is 308 g/mol. The Morgan fingerprint density at radius 1 is 1.36 bits per heavy atom. The molecule has 1 N–H and O–H groups in total. The fourth-order valence-corrected chi connectivity index (χ4v) is 2.58. The first-order chi connectivity index (χ1) is 10.3. The van der Waals surface area contributed by atoms with Crippen LogP contribution in [0.4, 0.5) is 9.18 Å². The highest BCUT2D eigenvalue weighted by atomic mass is 19.1. The molecule has 0 spiro atoms. The third kappa shape index (κ3) is 5.30. The van der Waals surface area contributed by atoms with Crippen LogP contribution in [0.5, 0.6) is 0 Å². The second-order valence-corrected chi connectivity index (χ2v) is 6.72. The molecule has 1 heterocycles. The lowest BCUT2D eigenvalue weighted by molar-refractivity contribution is 0.0525. The topological polar surface area (TPSA) is 41.6 Å². The van der Waals surface area contributed by atoms with Crippen molar-refractivity contribution in [3.8, 4) is 0 Å². The van der Waals surface area contributed by atoms with E-state index in [-0.39, 0.29) is 11.9 Å². The van der Waals surface area contributed by atoms with Gasteiger partial charge in [-0.1, -0.05) is 6.07 Å². The molecule has 0 atom stereocenters. The molecule has 22 heavy (non-hydrogen) atoms. The van der Waals surface area contributed by atoms with Crippen LogP contribution in [0.15, 0.2) is 18.2 Å². The Bertz CT molecular complexity index is 526. The van der Waals surface area contributed by atoms with Gasteiger partial charge < -0.3 is 10.1 Å². The molecule has 2 rings (SSSR count). The van der Waals surface area contributed by atoms with Gasteiger partial charge in [0.1, 0.15) is 11.4 Å². The van der Waals surface area contributed by atoms with E-state index in [2.05, 4.69) is 10.2 Å². The number of rotatable bonds is 4. The van der Waals surface area contributed by atoms with Crippen molar-refractivity contribution in [2.45, 2.75) is 45.8 Å². The molecular formula is C17H25FN2O2. The van der Waals surface area contributed by atoms with E-state index in [0.29, 0.717) is 6.54 Å². The number of hydrogen-bond donors (Lipinski definition) is 1. The fraction of sp³-hybridized carbons (Fsp3) is 0.588. The zero-order chi connectivity index (χ0) is 16.2. The van der Waals surface area contributed by atoms with Gasteiger partial charge >= 0.3 is 6.09 Å². The Hall–Kier alpha value is -1.62.